The van der Waals surface area contributed by atoms with Gasteiger partial charge in [0.1, 0.15) is 0 Å². The Kier molecular flexibility index (Phi) is 10.9. The van der Waals surface area contributed by atoms with Crippen molar-refractivity contribution in [3.8, 4) is 0 Å². The zero-order valence-electron chi connectivity index (χ0n) is 10.4. The van der Waals surface area contributed by atoms with Gasteiger partial charge in [0.2, 0.25) is 0 Å². The van der Waals surface area contributed by atoms with Crippen LogP contribution in [0.5, 0.6) is 0 Å². The SMILES string of the molecule is NCCc1ccnc(CCN)c1CCN.S=C=S. The molecular formula is C12H20N4S2. The normalized spacial score (nSPS) is 9.28. The van der Waals surface area contributed by atoms with Crippen LogP contribution in [-0.2, 0) is 19.3 Å². The molecule has 0 unspecified atom stereocenters. The molecule has 0 saturated heterocycles. The first kappa shape index (κ1) is 17.2. The Bertz CT molecular complexity index is 352. The molecule has 0 aliphatic rings. The largest absolute Gasteiger partial charge is 0.330 e. The fraction of sp³-hybridized carbons (Fsp3) is 0.500. The Morgan fingerprint density at radius 2 is 1.56 bits per heavy atom. The highest BCUT2D eigenvalue weighted by Crippen LogP contribution is 2.14. The van der Waals surface area contributed by atoms with E-state index in [2.05, 4.69) is 29.4 Å². The van der Waals surface area contributed by atoms with Crippen molar-refractivity contribution in [2.75, 3.05) is 19.6 Å². The molecule has 100 valence electrons. The second-order valence-corrected chi connectivity index (χ2v) is 4.26. The molecule has 1 aromatic heterocycles. The lowest BCUT2D eigenvalue weighted by molar-refractivity contribution is 0.837. The van der Waals surface area contributed by atoms with Crippen LogP contribution >= 0.6 is 24.4 Å². The van der Waals surface area contributed by atoms with Gasteiger partial charge in [-0.15, -0.1) is 0 Å². The molecule has 1 aromatic rings. The van der Waals surface area contributed by atoms with Gasteiger partial charge in [-0.05, 0) is 74.1 Å². The van der Waals surface area contributed by atoms with E-state index in [1.54, 1.807) is 0 Å². The summed E-state index contributed by atoms with van der Waals surface area (Å²) < 4.78 is 1.92. The monoisotopic (exact) mass is 284 g/mol. The molecule has 0 spiro atoms. The molecule has 0 aromatic carbocycles. The number of pyridine rings is 1. The summed E-state index contributed by atoms with van der Waals surface area (Å²) in [6, 6.07) is 2.03. The maximum absolute atomic E-state index is 5.60. The Hall–Kier alpha value is -0.750. The second kappa shape index (κ2) is 11.3. The summed E-state index contributed by atoms with van der Waals surface area (Å²) in [5, 5.41) is 0. The van der Waals surface area contributed by atoms with Crippen LogP contribution in [0.15, 0.2) is 12.3 Å². The molecule has 6 heteroatoms. The van der Waals surface area contributed by atoms with E-state index in [1.807, 2.05) is 16.6 Å². The van der Waals surface area contributed by atoms with Crippen molar-refractivity contribution in [2.45, 2.75) is 19.3 Å². The molecule has 0 aliphatic carbocycles. The van der Waals surface area contributed by atoms with E-state index in [1.165, 1.54) is 11.1 Å². The fourth-order valence-electron chi connectivity index (χ4n) is 1.77. The van der Waals surface area contributed by atoms with E-state index in [-0.39, 0.29) is 0 Å². The summed E-state index contributed by atoms with van der Waals surface area (Å²) in [6.07, 6.45) is 4.39. The van der Waals surface area contributed by atoms with Gasteiger partial charge < -0.3 is 17.2 Å². The average Bonchev–Trinajstić information content (AvgIpc) is 2.35. The van der Waals surface area contributed by atoms with Crippen molar-refractivity contribution < 1.29 is 0 Å². The summed E-state index contributed by atoms with van der Waals surface area (Å²) >= 11 is 7.92. The van der Waals surface area contributed by atoms with Crippen LogP contribution in [-0.4, -0.2) is 28.9 Å². The van der Waals surface area contributed by atoms with E-state index in [0.717, 1.165) is 25.0 Å². The van der Waals surface area contributed by atoms with Crippen LogP contribution in [0, 0.1) is 0 Å². The molecule has 0 aliphatic heterocycles. The van der Waals surface area contributed by atoms with Crippen LogP contribution in [0.2, 0.25) is 0 Å². The lowest BCUT2D eigenvalue weighted by atomic mass is 9.99. The number of aromatic nitrogens is 1. The number of hydrogen-bond acceptors (Lipinski definition) is 6. The first-order valence-corrected chi connectivity index (χ1v) is 6.61. The Labute approximate surface area is 119 Å². The molecule has 4 nitrogen and oxygen atoms in total. The summed E-state index contributed by atoms with van der Waals surface area (Å²) in [6.45, 7) is 1.92. The van der Waals surface area contributed by atoms with Gasteiger partial charge in [-0.3, -0.25) is 4.98 Å². The van der Waals surface area contributed by atoms with E-state index >= 15 is 0 Å². The van der Waals surface area contributed by atoms with Crippen molar-refractivity contribution in [1.82, 2.24) is 4.98 Å². The van der Waals surface area contributed by atoms with Crippen LogP contribution in [0.25, 0.3) is 0 Å². The van der Waals surface area contributed by atoms with Gasteiger partial charge in [-0.1, -0.05) is 0 Å². The van der Waals surface area contributed by atoms with Gasteiger partial charge >= 0.3 is 0 Å². The highest BCUT2D eigenvalue weighted by molar-refractivity contribution is 7.93. The molecular weight excluding hydrogens is 264 g/mol. The summed E-state index contributed by atoms with van der Waals surface area (Å²) in [4.78, 5) is 4.35. The Morgan fingerprint density at radius 3 is 2.06 bits per heavy atom. The van der Waals surface area contributed by atoms with Gasteiger partial charge in [-0.25, -0.2) is 0 Å². The van der Waals surface area contributed by atoms with Crippen molar-refractivity contribution in [3.05, 3.63) is 29.1 Å². The van der Waals surface area contributed by atoms with Gasteiger partial charge in [0.05, 0.1) is 0 Å². The molecule has 6 N–H and O–H groups in total. The fourth-order valence-corrected chi connectivity index (χ4v) is 1.77. The van der Waals surface area contributed by atoms with Crippen LogP contribution < -0.4 is 17.2 Å². The highest BCUT2D eigenvalue weighted by Gasteiger charge is 2.07. The maximum Gasteiger partial charge on any atom is 0.0451 e. The van der Waals surface area contributed by atoms with E-state index < -0.39 is 0 Å². The maximum atomic E-state index is 5.60. The van der Waals surface area contributed by atoms with Crippen molar-refractivity contribution in [3.63, 3.8) is 0 Å². The van der Waals surface area contributed by atoms with Crippen molar-refractivity contribution in [2.24, 2.45) is 17.2 Å². The molecule has 0 radical (unpaired) electrons. The molecule has 0 saturated carbocycles. The lowest BCUT2D eigenvalue weighted by Crippen LogP contribution is -2.14. The van der Waals surface area contributed by atoms with Gasteiger partial charge in [0.15, 0.2) is 0 Å². The third kappa shape index (κ3) is 6.26. The quantitative estimate of drug-likeness (QED) is 0.663. The smallest absolute Gasteiger partial charge is 0.0451 e. The molecule has 1 rings (SSSR count). The van der Waals surface area contributed by atoms with Gasteiger partial charge in [0, 0.05) is 22.6 Å². The van der Waals surface area contributed by atoms with Gasteiger partial charge in [0.25, 0.3) is 0 Å². The van der Waals surface area contributed by atoms with Crippen molar-refractivity contribution in [1.29, 1.82) is 0 Å². The van der Waals surface area contributed by atoms with Crippen LogP contribution in [0.1, 0.15) is 16.8 Å². The number of rotatable bonds is 6. The third-order valence-corrected chi connectivity index (χ3v) is 2.43. The molecule has 0 amide bonds. The van der Waals surface area contributed by atoms with Gasteiger partial charge in [-0.2, -0.15) is 0 Å². The number of nitrogens with two attached hydrogens (primary N) is 3. The molecule has 0 bridgehead atoms. The summed E-state index contributed by atoms with van der Waals surface area (Å²) in [7, 11) is 0. The zero-order valence-corrected chi connectivity index (χ0v) is 12.0. The third-order valence-electron chi connectivity index (χ3n) is 2.43. The predicted molar refractivity (Wildman–Crippen MR) is 82.7 cm³/mol. The zero-order chi connectivity index (χ0) is 13.8. The standard InChI is InChI=1S/C11H20N4.CS2/c12-5-1-9-4-8-15-11(3-7-14)10(9)2-6-13;2-1-3/h4,8H,1-3,5-7,12-14H2;. The first-order valence-electron chi connectivity index (χ1n) is 5.80. The van der Waals surface area contributed by atoms with Crippen LogP contribution in [0.3, 0.4) is 0 Å². The van der Waals surface area contributed by atoms with Crippen LogP contribution in [0.4, 0.5) is 0 Å². The number of thiocarbonyl (C=S) groups is 2. The number of nitrogens with zero attached hydrogens (tertiary/aromatic N) is 1. The topological polar surface area (TPSA) is 90.9 Å². The molecule has 1 heterocycles. The Morgan fingerprint density at radius 1 is 1.00 bits per heavy atom. The average molecular weight is 284 g/mol. The van der Waals surface area contributed by atoms with E-state index in [0.29, 0.717) is 19.6 Å². The predicted octanol–water partition coefficient (Wildman–Crippen LogP) is 0.603. The van der Waals surface area contributed by atoms with Crippen molar-refractivity contribution >= 4 is 28.7 Å². The molecule has 0 atom stereocenters. The second-order valence-electron chi connectivity index (χ2n) is 3.59. The highest BCUT2D eigenvalue weighted by atomic mass is 32.1. The summed E-state index contributed by atoms with van der Waals surface area (Å²) in [5.74, 6) is 0. The van der Waals surface area contributed by atoms with E-state index in [9.17, 15) is 0 Å². The Balaban J connectivity index is 0.000000873. The molecule has 18 heavy (non-hydrogen) atoms. The number of hydrogen-bond donors (Lipinski definition) is 3. The van der Waals surface area contributed by atoms with E-state index in [4.69, 9.17) is 17.2 Å². The minimum atomic E-state index is 0.622. The molecule has 0 fully saturated rings. The first-order chi connectivity index (χ1) is 8.74. The minimum Gasteiger partial charge on any atom is -0.330 e. The lowest BCUT2D eigenvalue weighted by Gasteiger charge is -2.12. The minimum absolute atomic E-state index is 0.622. The summed E-state index contributed by atoms with van der Waals surface area (Å²) in [5.41, 5.74) is 20.3.